The minimum Gasteiger partial charge on any atom is -0.399 e. The predicted octanol–water partition coefficient (Wildman–Crippen LogP) is 1.76. The van der Waals surface area contributed by atoms with Gasteiger partial charge >= 0.3 is 7.12 Å². The van der Waals surface area contributed by atoms with E-state index < -0.39 is 12.7 Å². The Morgan fingerprint density at radius 3 is 2.30 bits per heavy atom. The first-order valence-electron chi connectivity index (χ1n) is 7.89. The van der Waals surface area contributed by atoms with Crippen LogP contribution in [-0.2, 0) is 9.31 Å². The molecule has 0 spiro atoms. The van der Waals surface area contributed by atoms with Gasteiger partial charge in [-0.2, -0.15) is 0 Å². The van der Waals surface area contributed by atoms with Gasteiger partial charge in [0.2, 0.25) is 0 Å². The van der Waals surface area contributed by atoms with Gasteiger partial charge in [-0.15, -0.1) is 0 Å². The quantitative estimate of drug-likeness (QED) is 0.504. The maximum atomic E-state index is 9.72. The van der Waals surface area contributed by atoms with E-state index in [0.717, 1.165) is 11.0 Å². The molecular weight excluding hydrogens is 291 g/mol. The average molecular weight is 318 g/mol. The summed E-state index contributed by atoms with van der Waals surface area (Å²) < 4.78 is 12.1. The second kappa shape index (κ2) is 5.93. The molecule has 6 heteroatoms. The third-order valence-corrected chi connectivity index (χ3v) is 4.34. The first-order chi connectivity index (χ1) is 10.4. The summed E-state index contributed by atoms with van der Waals surface area (Å²) in [6, 6.07) is 5.65. The molecule has 1 saturated heterocycles. The van der Waals surface area contributed by atoms with Crippen LogP contribution in [0.25, 0.3) is 0 Å². The highest BCUT2D eigenvalue weighted by molar-refractivity contribution is 6.62. The Kier molecular flexibility index (Phi) is 4.63. The highest BCUT2D eigenvalue weighted by Crippen LogP contribution is 2.36. The summed E-state index contributed by atoms with van der Waals surface area (Å²) >= 11 is 0. The van der Waals surface area contributed by atoms with Crippen LogP contribution >= 0.6 is 0 Å². The van der Waals surface area contributed by atoms with Gasteiger partial charge in [0.15, 0.2) is 0 Å². The third-order valence-electron chi connectivity index (χ3n) is 4.34. The second-order valence-electron chi connectivity index (χ2n) is 7.76. The van der Waals surface area contributed by atoms with Crippen molar-refractivity contribution in [1.29, 1.82) is 0 Å². The van der Waals surface area contributed by atoms with Crippen LogP contribution in [0.4, 0.5) is 5.69 Å². The Bertz CT molecular complexity index is 590. The molecular formula is C17H27BN2O3. The molecule has 1 aromatic rings. The van der Waals surface area contributed by atoms with E-state index in [4.69, 9.17) is 15.0 Å². The van der Waals surface area contributed by atoms with E-state index in [2.05, 4.69) is 4.99 Å². The van der Waals surface area contributed by atoms with E-state index >= 15 is 0 Å². The fourth-order valence-electron chi connectivity index (χ4n) is 2.20. The normalized spacial score (nSPS) is 20.4. The van der Waals surface area contributed by atoms with Gasteiger partial charge < -0.3 is 20.1 Å². The minimum atomic E-state index is -0.839. The first kappa shape index (κ1) is 18.0. The molecule has 1 aliphatic rings. The lowest BCUT2D eigenvalue weighted by atomic mass is 9.78. The molecule has 0 atom stereocenters. The molecule has 3 N–H and O–H groups in total. The van der Waals surface area contributed by atoms with Gasteiger partial charge in [-0.1, -0.05) is 12.1 Å². The lowest BCUT2D eigenvalue weighted by Crippen LogP contribution is -2.41. The van der Waals surface area contributed by atoms with Crippen molar-refractivity contribution in [2.24, 2.45) is 4.99 Å². The summed E-state index contributed by atoms with van der Waals surface area (Å²) in [5, 5.41) is 9.72. The Balaban J connectivity index is 2.21. The van der Waals surface area contributed by atoms with E-state index in [1.807, 2.05) is 45.9 Å². The summed E-state index contributed by atoms with van der Waals surface area (Å²) in [5.74, 6) is 0. The van der Waals surface area contributed by atoms with Crippen LogP contribution in [0.1, 0.15) is 47.1 Å². The molecule has 5 nitrogen and oxygen atoms in total. The van der Waals surface area contributed by atoms with Gasteiger partial charge in [0.05, 0.1) is 23.3 Å². The van der Waals surface area contributed by atoms with Crippen molar-refractivity contribution in [2.75, 3.05) is 12.3 Å². The lowest BCUT2D eigenvalue weighted by molar-refractivity contribution is 0.00578. The number of rotatable bonds is 4. The zero-order valence-corrected chi connectivity index (χ0v) is 14.9. The lowest BCUT2D eigenvalue weighted by Gasteiger charge is -2.32. The number of nitrogens with zero attached hydrogens (tertiary/aromatic N) is 1. The molecule has 0 aliphatic carbocycles. The van der Waals surface area contributed by atoms with E-state index in [1.54, 1.807) is 20.1 Å². The van der Waals surface area contributed by atoms with Crippen molar-refractivity contribution in [2.45, 2.75) is 58.3 Å². The Hall–Kier alpha value is -1.37. The van der Waals surface area contributed by atoms with Crippen LogP contribution in [-0.4, -0.2) is 41.8 Å². The van der Waals surface area contributed by atoms with Crippen molar-refractivity contribution in [3.8, 4) is 0 Å². The number of benzene rings is 1. The molecule has 0 amide bonds. The van der Waals surface area contributed by atoms with Crippen molar-refractivity contribution in [3.05, 3.63) is 23.8 Å². The molecule has 1 aliphatic heterocycles. The summed E-state index contributed by atoms with van der Waals surface area (Å²) in [6.07, 6.45) is 1.68. The van der Waals surface area contributed by atoms with Crippen LogP contribution in [0.15, 0.2) is 23.2 Å². The van der Waals surface area contributed by atoms with E-state index in [-0.39, 0.29) is 11.2 Å². The number of aliphatic imine (C=N–C) groups is 1. The molecule has 0 radical (unpaired) electrons. The standard InChI is InChI=1S/C17H27BN2O3/c1-15(2,21)11-20-10-12-9-13(7-8-14(12)19)18-22-16(3,4)17(5,6)23-18/h7-10,21H,11,19H2,1-6H3. The van der Waals surface area contributed by atoms with Crippen LogP contribution in [0, 0.1) is 0 Å². The summed E-state index contributed by atoms with van der Waals surface area (Å²) in [4.78, 5) is 4.26. The molecule has 1 aromatic carbocycles. The van der Waals surface area contributed by atoms with E-state index in [9.17, 15) is 5.11 Å². The van der Waals surface area contributed by atoms with Gasteiger partial charge in [0, 0.05) is 17.5 Å². The van der Waals surface area contributed by atoms with Crippen molar-refractivity contribution in [3.63, 3.8) is 0 Å². The van der Waals surface area contributed by atoms with Gasteiger partial charge in [-0.05, 0) is 53.1 Å². The van der Waals surface area contributed by atoms with Crippen molar-refractivity contribution >= 4 is 24.5 Å². The highest BCUT2D eigenvalue weighted by atomic mass is 16.7. The Labute approximate surface area is 139 Å². The summed E-state index contributed by atoms with van der Waals surface area (Å²) in [5.41, 5.74) is 6.74. The topological polar surface area (TPSA) is 77.1 Å². The Morgan fingerprint density at radius 1 is 1.22 bits per heavy atom. The maximum absolute atomic E-state index is 9.72. The van der Waals surface area contributed by atoms with Crippen molar-refractivity contribution in [1.82, 2.24) is 0 Å². The number of hydrogen-bond acceptors (Lipinski definition) is 5. The van der Waals surface area contributed by atoms with Crippen molar-refractivity contribution < 1.29 is 14.4 Å². The fraction of sp³-hybridized carbons (Fsp3) is 0.588. The zero-order valence-electron chi connectivity index (χ0n) is 14.9. The largest absolute Gasteiger partial charge is 0.494 e. The summed E-state index contributed by atoms with van der Waals surface area (Å²) in [6.45, 7) is 11.8. The molecule has 0 saturated carbocycles. The number of aliphatic hydroxyl groups is 1. The zero-order chi connectivity index (χ0) is 17.5. The average Bonchev–Trinajstić information content (AvgIpc) is 2.59. The van der Waals surface area contributed by atoms with Crippen LogP contribution in [0.5, 0.6) is 0 Å². The van der Waals surface area contributed by atoms with E-state index in [1.165, 1.54) is 0 Å². The predicted molar refractivity (Wildman–Crippen MR) is 95.3 cm³/mol. The number of nitrogen functional groups attached to an aromatic ring is 1. The second-order valence-corrected chi connectivity index (χ2v) is 7.76. The van der Waals surface area contributed by atoms with Gasteiger partial charge in [-0.25, -0.2) is 0 Å². The number of anilines is 1. The minimum absolute atomic E-state index is 0.313. The van der Waals surface area contributed by atoms with Gasteiger partial charge in [0.1, 0.15) is 0 Å². The summed E-state index contributed by atoms with van der Waals surface area (Å²) in [7, 11) is -0.429. The number of hydrogen-bond donors (Lipinski definition) is 2. The molecule has 0 unspecified atom stereocenters. The monoisotopic (exact) mass is 318 g/mol. The molecule has 2 rings (SSSR count). The maximum Gasteiger partial charge on any atom is 0.494 e. The molecule has 0 aromatic heterocycles. The van der Waals surface area contributed by atoms with Gasteiger partial charge in [0.25, 0.3) is 0 Å². The highest BCUT2D eigenvalue weighted by Gasteiger charge is 2.51. The molecule has 0 bridgehead atoms. The molecule has 1 heterocycles. The molecule has 23 heavy (non-hydrogen) atoms. The fourth-order valence-corrected chi connectivity index (χ4v) is 2.20. The first-order valence-corrected chi connectivity index (χ1v) is 7.89. The van der Waals surface area contributed by atoms with E-state index in [0.29, 0.717) is 12.2 Å². The van der Waals surface area contributed by atoms with Gasteiger partial charge in [-0.3, -0.25) is 4.99 Å². The number of nitrogens with two attached hydrogens (primary N) is 1. The van der Waals surface area contributed by atoms with Crippen LogP contribution < -0.4 is 11.2 Å². The SMILES string of the molecule is CC(C)(O)CN=Cc1cc(B2OC(C)(C)C(C)(C)O2)ccc1N. The Morgan fingerprint density at radius 2 is 1.78 bits per heavy atom. The van der Waals surface area contributed by atoms with Crippen LogP contribution in [0.3, 0.4) is 0 Å². The molecule has 1 fully saturated rings. The smallest absolute Gasteiger partial charge is 0.399 e. The molecule has 126 valence electrons. The van der Waals surface area contributed by atoms with Crippen LogP contribution in [0.2, 0.25) is 0 Å². The third kappa shape index (κ3) is 4.13.